The van der Waals surface area contributed by atoms with E-state index in [1.165, 1.54) is 18.7 Å². The fraction of sp³-hybridized carbons (Fsp3) is 0.381. The molecule has 0 aliphatic carbocycles. The van der Waals surface area contributed by atoms with Crippen LogP contribution in [0.3, 0.4) is 0 Å². The van der Waals surface area contributed by atoms with Gasteiger partial charge in [-0.3, -0.25) is 18.7 Å². The number of nitrogens with zero attached hydrogens (tertiary/aromatic N) is 2. The molecule has 160 valence electrons. The molecule has 0 saturated heterocycles. The first-order chi connectivity index (χ1) is 14.2. The van der Waals surface area contributed by atoms with E-state index >= 15 is 0 Å². The molecule has 2 aromatic rings. The Hall–Kier alpha value is -3.00. The highest BCUT2D eigenvalue weighted by atomic mass is 35.5. The number of fused-ring (bicyclic) bond motifs is 1. The second kappa shape index (κ2) is 8.39. The number of carbonyl (C=O) groups excluding carboxylic acids is 1. The zero-order valence-corrected chi connectivity index (χ0v) is 18.3. The van der Waals surface area contributed by atoms with E-state index in [2.05, 4.69) is 5.32 Å². The van der Waals surface area contributed by atoms with Gasteiger partial charge in [-0.05, 0) is 44.0 Å². The molecule has 1 aliphatic rings. The average Bonchev–Trinajstić information content (AvgIpc) is 3.01. The summed E-state index contributed by atoms with van der Waals surface area (Å²) in [7, 11) is 2.86. The zero-order valence-electron chi connectivity index (χ0n) is 17.5. The maximum atomic E-state index is 12.9. The van der Waals surface area contributed by atoms with Crippen molar-refractivity contribution >= 4 is 29.3 Å². The third kappa shape index (κ3) is 3.75. The fourth-order valence-electron chi connectivity index (χ4n) is 3.29. The number of halogens is 1. The van der Waals surface area contributed by atoms with Crippen LogP contribution in [0.5, 0.6) is 11.5 Å². The van der Waals surface area contributed by atoms with Crippen LogP contribution in [0.2, 0.25) is 5.02 Å². The smallest absolute Gasteiger partial charge is 0.332 e. The molecule has 9 heteroatoms. The van der Waals surface area contributed by atoms with Crippen molar-refractivity contribution in [3.8, 4) is 11.5 Å². The van der Waals surface area contributed by atoms with Crippen molar-refractivity contribution in [3.05, 3.63) is 54.8 Å². The van der Waals surface area contributed by atoms with Crippen LogP contribution in [0.1, 0.15) is 43.1 Å². The van der Waals surface area contributed by atoms with Gasteiger partial charge >= 0.3 is 5.69 Å². The van der Waals surface area contributed by atoms with Gasteiger partial charge in [0.15, 0.2) is 11.5 Å². The number of anilines is 1. The van der Waals surface area contributed by atoms with Gasteiger partial charge in [0.25, 0.3) is 5.56 Å². The van der Waals surface area contributed by atoms with Gasteiger partial charge in [-0.1, -0.05) is 18.5 Å². The van der Waals surface area contributed by atoms with Crippen LogP contribution in [0.25, 0.3) is 6.08 Å². The van der Waals surface area contributed by atoms with E-state index in [0.29, 0.717) is 35.1 Å². The SMILES string of the molecule is CCCn1c2c(c(=O)n(C)c1=O)C(=O)/C(=C/c1cc(Cl)c(OC(C)C)c(OC)c1)N2. The first-order valence-corrected chi connectivity index (χ1v) is 9.98. The monoisotopic (exact) mass is 433 g/mol. The van der Waals surface area contributed by atoms with Gasteiger partial charge in [0, 0.05) is 13.6 Å². The number of aromatic nitrogens is 2. The van der Waals surface area contributed by atoms with Crippen molar-refractivity contribution in [3.63, 3.8) is 0 Å². The molecule has 1 N–H and O–H groups in total. The minimum Gasteiger partial charge on any atom is -0.493 e. The van der Waals surface area contributed by atoms with Gasteiger partial charge in [0.1, 0.15) is 11.4 Å². The first-order valence-electron chi connectivity index (χ1n) is 9.61. The summed E-state index contributed by atoms with van der Waals surface area (Å²) in [5.74, 6) is 0.577. The van der Waals surface area contributed by atoms with Gasteiger partial charge in [-0.15, -0.1) is 0 Å². The van der Waals surface area contributed by atoms with Crippen molar-refractivity contribution < 1.29 is 14.3 Å². The van der Waals surface area contributed by atoms with Gasteiger partial charge in [0.05, 0.1) is 23.9 Å². The molecule has 30 heavy (non-hydrogen) atoms. The molecular weight excluding hydrogens is 410 g/mol. The van der Waals surface area contributed by atoms with Crippen molar-refractivity contribution in [1.29, 1.82) is 0 Å². The molecule has 8 nitrogen and oxygen atoms in total. The normalized spacial score (nSPS) is 14.2. The Morgan fingerprint density at radius 2 is 1.93 bits per heavy atom. The first kappa shape index (κ1) is 21.7. The van der Waals surface area contributed by atoms with Crippen molar-refractivity contribution in [2.24, 2.45) is 7.05 Å². The lowest BCUT2D eigenvalue weighted by Crippen LogP contribution is -2.40. The van der Waals surface area contributed by atoms with E-state index < -0.39 is 17.0 Å². The van der Waals surface area contributed by atoms with E-state index in [1.54, 1.807) is 18.2 Å². The van der Waals surface area contributed by atoms with E-state index in [1.807, 2.05) is 20.8 Å². The Balaban J connectivity index is 2.10. The summed E-state index contributed by atoms with van der Waals surface area (Å²) in [4.78, 5) is 38.0. The molecule has 0 fully saturated rings. The van der Waals surface area contributed by atoms with Gasteiger partial charge in [0.2, 0.25) is 5.78 Å². The molecule has 1 aromatic heterocycles. The lowest BCUT2D eigenvalue weighted by atomic mass is 10.1. The molecule has 0 spiro atoms. The number of ketones is 1. The van der Waals surface area contributed by atoms with Crippen LogP contribution in [-0.4, -0.2) is 28.1 Å². The Morgan fingerprint density at radius 1 is 1.23 bits per heavy atom. The minimum atomic E-state index is -0.625. The highest BCUT2D eigenvalue weighted by Crippen LogP contribution is 2.38. The summed E-state index contributed by atoms with van der Waals surface area (Å²) < 4.78 is 13.4. The second-order valence-corrected chi connectivity index (χ2v) is 7.64. The van der Waals surface area contributed by atoms with E-state index in [0.717, 1.165) is 4.57 Å². The molecule has 0 amide bonds. The van der Waals surface area contributed by atoms with Crippen molar-refractivity contribution in [1.82, 2.24) is 9.13 Å². The standard InChI is InChI=1S/C21H24ClN3O5/c1-6-7-25-19-16(20(27)24(4)21(25)28)17(26)14(23-19)9-12-8-13(22)18(30-11(2)3)15(10-12)29-5/h8-11,23H,6-7H2,1-5H3/b14-9-. The second-order valence-electron chi connectivity index (χ2n) is 7.23. The Labute approximate surface area is 178 Å². The molecule has 1 aromatic carbocycles. The summed E-state index contributed by atoms with van der Waals surface area (Å²) in [6.07, 6.45) is 2.14. The number of benzene rings is 1. The Kier molecular flexibility index (Phi) is 6.07. The highest BCUT2D eigenvalue weighted by molar-refractivity contribution is 6.32. The molecule has 0 unspecified atom stereocenters. The Morgan fingerprint density at radius 3 is 2.53 bits per heavy atom. The molecule has 0 atom stereocenters. The topological polar surface area (TPSA) is 91.6 Å². The van der Waals surface area contributed by atoms with Gasteiger partial charge in [-0.2, -0.15) is 0 Å². The van der Waals surface area contributed by atoms with Crippen LogP contribution in [0.4, 0.5) is 5.82 Å². The highest BCUT2D eigenvalue weighted by Gasteiger charge is 2.32. The molecule has 1 aliphatic heterocycles. The van der Waals surface area contributed by atoms with Crippen molar-refractivity contribution in [2.75, 3.05) is 12.4 Å². The lowest BCUT2D eigenvalue weighted by molar-refractivity contribution is 0.104. The number of nitrogens with one attached hydrogen (secondary N) is 1. The average molecular weight is 434 g/mol. The predicted molar refractivity (Wildman–Crippen MR) is 116 cm³/mol. The van der Waals surface area contributed by atoms with E-state index in [9.17, 15) is 14.4 Å². The molecule has 0 saturated carbocycles. The molecule has 0 bridgehead atoms. The van der Waals surface area contributed by atoms with E-state index in [4.69, 9.17) is 21.1 Å². The number of hydrogen-bond donors (Lipinski definition) is 1. The summed E-state index contributed by atoms with van der Waals surface area (Å²) in [6, 6.07) is 3.33. The number of hydrogen-bond acceptors (Lipinski definition) is 6. The predicted octanol–water partition coefficient (Wildman–Crippen LogP) is 3.06. The molecule has 3 rings (SSSR count). The number of carbonyl (C=O) groups is 1. The maximum Gasteiger partial charge on any atom is 0.332 e. The summed E-state index contributed by atoms with van der Waals surface area (Å²) >= 11 is 6.36. The maximum absolute atomic E-state index is 12.9. The minimum absolute atomic E-state index is 0.0466. The quantitative estimate of drug-likeness (QED) is 0.704. The number of ether oxygens (including phenoxy) is 2. The van der Waals surface area contributed by atoms with Crippen LogP contribution in [-0.2, 0) is 13.6 Å². The summed E-state index contributed by atoms with van der Waals surface area (Å²) in [6.45, 7) is 6.04. The third-order valence-electron chi connectivity index (χ3n) is 4.63. The van der Waals surface area contributed by atoms with E-state index in [-0.39, 0.29) is 23.2 Å². The lowest BCUT2D eigenvalue weighted by Gasteiger charge is -2.15. The van der Waals surface area contributed by atoms with Gasteiger partial charge in [-0.25, -0.2) is 4.79 Å². The third-order valence-corrected chi connectivity index (χ3v) is 4.91. The zero-order chi connectivity index (χ0) is 22.2. The Bertz CT molecular complexity index is 1160. The van der Waals surface area contributed by atoms with Crippen LogP contribution < -0.4 is 26.0 Å². The van der Waals surface area contributed by atoms with Crippen LogP contribution in [0.15, 0.2) is 27.4 Å². The number of Topliss-reactive ketones (excluding diaryl/α,β-unsaturated/α-hetero) is 1. The van der Waals surface area contributed by atoms with Crippen molar-refractivity contribution in [2.45, 2.75) is 39.8 Å². The summed E-state index contributed by atoms with van der Waals surface area (Å²) in [5.41, 5.74) is -0.387. The number of rotatable bonds is 6. The largest absolute Gasteiger partial charge is 0.493 e. The van der Waals surface area contributed by atoms with Gasteiger partial charge < -0.3 is 14.8 Å². The fourth-order valence-corrected chi connectivity index (χ4v) is 3.56. The molecule has 2 heterocycles. The van der Waals surface area contributed by atoms with Crippen LogP contribution >= 0.6 is 11.6 Å². The molecular formula is C21H24ClN3O5. The van der Waals surface area contributed by atoms with Crippen LogP contribution in [0, 0.1) is 0 Å². The number of methoxy groups -OCH3 is 1. The number of allylic oxidation sites excluding steroid dienone is 1. The summed E-state index contributed by atoms with van der Waals surface area (Å²) in [5, 5.41) is 3.28. The molecule has 0 radical (unpaired) electrons.